The van der Waals surface area contributed by atoms with Crippen molar-refractivity contribution in [3.8, 4) is 0 Å². The van der Waals surface area contributed by atoms with Gasteiger partial charge in [-0.25, -0.2) is 0 Å². The Hall–Kier alpha value is -1.12. The molecular weight excluding hydrogens is 226 g/mol. The summed E-state index contributed by atoms with van der Waals surface area (Å²) >= 11 is 1.87. The van der Waals surface area contributed by atoms with E-state index in [1.807, 2.05) is 11.3 Å². The summed E-state index contributed by atoms with van der Waals surface area (Å²) in [6, 6.07) is 15.8. The minimum absolute atomic E-state index is 0.383. The SMILES string of the molecule is Cc1ccc(C(C)NC(C)c2ccccc2)s1. The summed E-state index contributed by atoms with van der Waals surface area (Å²) in [6.07, 6.45) is 0. The Kier molecular flexibility index (Phi) is 3.97. The van der Waals surface area contributed by atoms with Gasteiger partial charge in [0.05, 0.1) is 0 Å². The molecule has 1 aromatic carbocycles. The molecule has 0 radical (unpaired) electrons. The first-order valence-corrected chi connectivity index (χ1v) is 6.86. The molecule has 2 aromatic rings. The highest BCUT2D eigenvalue weighted by molar-refractivity contribution is 7.12. The van der Waals surface area contributed by atoms with Crippen LogP contribution in [0.3, 0.4) is 0 Å². The van der Waals surface area contributed by atoms with Gasteiger partial charge in [0.25, 0.3) is 0 Å². The summed E-state index contributed by atoms with van der Waals surface area (Å²) < 4.78 is 0. The zero-order chi connectivity index (χ0) is 12.3. The molecular formula is C15H19NS. The lowest BCUT2D eigenvalue weighted by atomic mass is 10.1. The van der Waals surface area contributed by atoms with Gasteiger partial charge in [-0.15, -0.1) is 11.3 Å². The summed E-state index contributed by atoms with van der Waals surface area (Å²) in [4.78, 5) is 2.78. The molecule has 0 aliphatic heterocycles. The summed E-state index contributed by atoms with van der Waals surface area (Å²) in [5.74, 6) is 0. The molecule has 2 unspecified atom stereocenters. The van der Waals surface area contributed by atoms with Gasteiger partial charge in [-0.05, 0) is 38.5 Å². The molecule has 2 rings (SSSR count). The van der Waals surface area contributed by atoms with Crippen LogP contribution in [-0.4, -0.2) is 0 Å². The summed E-state index contributed by atoms with van der Waals surface area (Å²) in [5.41, 5.74) is 1.34. The van der Waals surface area contributed by atoms with Gasteiger partial charge in [0.1, 0.15) is 0 Å². The Balaban J connectivity index is 2.02. The number of aryl methyl sites for hydroxylation is 1. The average Bonchev–Trinajstić information content (AvgIpc) is 2.77. The number of thiophene rings is 1. The van der Waals surface area contributed by atoms with Gasteiger partial charge in [-0.3, -0.25) is 0 Å². The van der Waals surface area contributed by atoms with Crippen LogP contribution >= 0.6 is 11.3 Å². The Morgan fingerprint density at radius 1 is 0.941 bits per heavy atom. The Bertz CT molecular complexity index is 461. The molecule has 1 N–H and O–H groups in total. The lowest BCUT2D eigenvalue weighted by Crippen LogP contribution is -2.21. The molecule has 0 saturated heterocycles. The van der Waals surface area contributed by atoms with Crippen molar-refractivity contribution >= 4 is 11.3 Å². The molecule has 90 valence electrons. The van der Waals surface area contributed by atoms with E-state index in [1.165, 1.54) is 15.3 Å². The van der Waals surface area contributed by atoms with Gasteiger partial charge in [0, 0.05) is 21.8 Å². The minimum Gasteiger partial charge on any atom is -0.303 e. The average molecular weight is 245 g/mol. The number of benzene rings is 1. The van der Waals surface area contributed by atoms with Crippen molar-refractivity contribution in [1.29, 1.82) is 0 Å². The largest absolute Gasteiger partial charge is 0.303 e. The van der Waals surface area contributed by atoms with E-state index in [-0.39, 0.29) is 0 Å². The third-order valence-electron chi connectivity index (χ3n) is 2.99. The van der Waals surface area contributed by atoms with E-state index in [1.54, 1.807) is 0 Å². The number of rotatable bonds is 4. The number of hydrogen-bond donors (Lipinski definition) is 1. The zero-order valence-corrected chi connectivity index (χ0v) is 11.4. The van der Waals surface area contributed by atoms with Crippen LogP contribution in [0.5, 0.6) is 0 Å². The first-order valence-electron chi connectivity index (χ1n) is 6.04. The van der Waals surface area contributed by atoms with E-state index in [4.69, 9.17) is 0 Å². The first kappa shape index (κ1) is 12.3. The van der Waals surface area contributed by atoms with Crippen molar-refractivity contribution in [2.45, 2.75) is 32.9 Å². The lowest BCUT2D eigenvalue weighted by molar-refractivity contribution is 0.500. The monoisotopic (exact) mass is 245 g/mol. The predicted molar refractivity (Wildman–Crippen MR) is 75.5 cm³/mol. The second-order valence-corrected chi connectivity index (χ2v) is 5.79. The highest BCUT2D eigenvalue weighted by Gasteiger charge is 2.11. The molecule has 0 saturated carbocycles. The molecule has 0 amide bonds. The van der Waals surface area contributed by atoms with Crippen LogP contribution in [0.25, 0.3) is 0 Å². The molecule has 0 aliphatic carbocycles. The van der Waals surface area contributed by atoms with E-state index in [2.05, 4.69) is 68.6 Å². The lowest BCUT2D eigenvalue weighted by Gasteiger charge is -2.19. The van der Waals surface area contributed by atoms with E-state index in [0.29, 0.717) is 12.1 Å². The van der Waals surface area contributed by atoms with Crippen molar-refractivity contribution < 1.29 is 0 Å². The van der Waals surface area contributed by atoms with Gasteiger partial charge in [0.15, 0.2) is 0 Å². The van der Waals surface area contributed by atoms with Crippen molar-refractivity contribution in [1.82, 2.24) is 5.32 Å². The third kappa shape index (κ3) is 3.18. The smallest absolute Gasteiger partial charge is 0.0391 e. The Morgan fingerprint density at radius 3 is 2.24 bits per heavy atom. The van der Waals surface area contributed by atoms with Crippen LogP contribution in [0.2, 0.25) is 0 Å². The normalized spacial score (nSPS) is 14.5. The molecule has 0 fully saturated rings. The molecule has 1 nitrogen and oxygen atoms in total. The second-order valence-electron chi connectivity index (χ2n) is 4.47. The van der Waals surface area contributed by atoms with Gasteiger partial charge in [-0.2, -0.15) is 0 Å². The fraction of sp³-hybridized carbons (Fsp3) is 0.333. The molecule has 1 aromatic heterocycles. The zero-order valence-electron chi connectivity index (χ0n) is 10.6. The van der Waals surface area contributed by atoms with Crippen LogP contribution in [0.15, 0.2) is 42.5 Å². The molecule has 17 heavy (non-hydrogen) atoms. The van der Waals surface area contributed by atoms with Gasteiger partial charge in [0.2, 0.25) is 0 Å². The fourth-order valence-corrected chi connectivity index (χ4v) is 2.87. The minimum atomic E-state index is 0.383. The van der Waals surface area contributed by atoms with Crippen molar-refractivity contribution in [3.63, 3.8) is 0 Å². The van der Waals surface area contributed by atoms with E-state index >= 15 is 0 Å². The molecule has 0 spiro atoms. The maximum atomic E-state index is 3.64. The summed E-state index contributed by atoms with van der Waals surface area (Å²) in [7, 11) is 0. The third-order valence-corrected chi connectivity index (χ3v) is 4.17. The molecule has 0 bridgehead atoms. The highest BCUT2D eigenvalue weighted by Crippen LogP contribution is 2.25. The van der Waals surface area contributed by atoms with Crippen LogP contribution < -0.4 is 5.32 Å². The maximum Gasteiger partial charge on any atom is 0.0391 e. The predicted octanol–water partition coefficient (Wildman–Crippen LogP) is 4.47. The topological polar surface area (TPSA) is 12.0 Å². The van der Waals surface area contributed by atoms with Crippen molar-refractivity contribution in [2.24, 2.45) is 0 Å². The van der Waals surface area contributed by atoms with E-state index in [9.17, 15) is 0 Å². The fourth-order valence-electron chi connectivity index (χ4n) is 1.98. The second kappa shape index (κ2) is 5.48. The molecule has 2 atom stereocenters. The Morgan fingerprint density at radius 2 is 1.65 bits per heavy atom. The van der Waals surface area contributed by atoms with Crippen molar-refractivity contribution in [2.75, 3.05) is 0 Å². The number of nitrogens with one attached hydrogen (secondary N) is 1. The van der Waals surface area contributed by atoms with Crippen LogP contribution in [-0.2, 0) is 0 Å². The summed E-state index contributed by atoms with van der Waals surface area (Å²) in [6.45, 7) is 6.60. The highest BCUT2D eigenvalue weighted by atomic mass is 32.1. The molecule has 0 aliphatic rings. The quantitative estimate of drug-likeness (QED) is 0.838. The van der Waals surface area contributed by atoms with Gasteiger partial charge < -0.3 is 5.32 Å². The molecule has 1 heterocycles. The van der Waals surface area contributed by atoms with Crippen LogP contribution in [0.1, 0.15) is 41.2 Å². The van der Waals surface area contributed by atoms with Gasteiger partial charge >= 0.3 is 0 Å². The first-order chi connectivity index (χ1) is 8.16. The van der Waals surface area contributed by atoms with E-state index in [0.717, 1.165) is 0 Å². The summed E-state index contributed by atoms with van der Waals surface area (Å²) in [5, 5.41) is 3.64. The van der Waals surface area contributed by atoms with Gasteiger partial charge in [-0.1, -0.05) is 30.3 Å². The Labute approximate surface area is 108 Å². The van der Waals surface area contributed by atoms with Crippen molar-refractivity contribution in [3.05, 3.63) is 57.8 Å². The van der Waals surface area contributed by atoms with Crippen LogP contribution in [0, 0.1) is 6.92 Å². The maximum absolute atomic E-state index is 3.64. The van der Waals surface area contributed by atoms with E-state index < -0.39 is 0 Å². The molecule has 2 heteroatoms. The standard InChI is InChI=1S/C15H19NS/c1-11-9-10-15(17-11)13(3)16-12(2)14-7-5-4-6-8-14/h4-10,12-13,16H,1-3H3. The van der Waals surface area contributed by atoms with Crippen LogP contribution in [0.4, 0.5) is 0 Å². The number of hydrogen-bond acceptors (Lipinski definition) is 2.